The third-order valence-corrected chi connectivity index (χ3v) is 4.70. The molecule has 0 saturated heterocycles. The minimum absolute atomic E-state index is 0.111. The van der Waals surface area contributed by atoms with Crippen LogP contribution in [0, 0.1) is 0 Å². The van der Waals surface area contributed by atoms with Gasteiger partial charge in [0, 0.05) is 22.2 Å². The van der Waals surface area contributed by atoms with Crippen LogP contribution in [0.25, 0.3) is 0 Å². The first kappa shape index (κ1) is 14.4. The molecule has 4 rings (SSSR count). The topological polar surface area (TPSA) is 57.6 Å². The Morgan fingerprint density at radius 2 is 1.61 bits per heavy atom. The highest BCUT2D eigenvalue weighted by Gasteiger charge is 2.56. The van der Waals surface area contributed by atoms with Gasteiger partial charge >= 0.3 is 0 Å². The Hall–Kier alpha value is -2.17. The van der Waals surface area contributed by atoms with E-state index in [1.807, 2.05) is 0 Å². The molecule has 2 aromatic carbocycles. The molecule has 1 atom stereocenters. The van der Waals surface area contributed by atoms with Gasteiger partial charge in [0.2, 0.25) is 11.5 Å². The van der Waals surface area contributed by atoms with E-state index < -0.39 is 11.5 Å². The molecular weight excluding hydrogens is 314 g/mol. The molecule has 1 fully saturated rings. The SMILES string of the molecule is O=C1c2ccccc2C(=O)C(O)(c2ccc(Cl)cc2)N1C1CC1. The molecule has 116 valence electrons. The average molecular weight is 328 g/mol. The molecule has 2 aliphatic rings. The standard InChI is InChI=1S/C18H14ClNO3/c19-12-7-5-11(6-8-12)18(23)16(21)14-3-1-2-4-15(14)17(22)20(18)13-9-10-13/h1-8,13,23H,9-10H2. The first-order valence-corrected chi connectivity index (χ1v) is 7.87. The van der Waals surface area contributed by atoms with Gasteiger partial charge in [-0.1, -0.05) is 41.9 Å². The quantitative estimate of drug-likeness (QED) is 0.922. The van der Waals surface area contributed by atoms with Crippen molar-refractivity contribution in [2.75, 3.05) is 0 Å². The van der Waals surface area contributed by atoms with Crippen LogP contribution >= 0.6 is 11.6 Å². The molecule has 1 aliphatic heterocycles. The van der Waals surface area contributed by atoms with Crippen LogP contribution in [0.4, 0.5) is 0 Å². The summed E-state index contributed by atoms with van der Waals surface area (Å²) in [5, 5.41) is 11.8. The number of Topliss-reactive ketones (excluding diaryl/α,β-unsaturated/α-hetero) is 1. The molecule has 1 unspecified atom stereocenters. The lowest BCUT2D eigenvalue weighted by molar-refractivity contribution is -0.0720. The molecule has 1 saturated carbocycles. The van der Waals surface area contributed by atoms with Crippen LogP contribution < -0.4 is 0 Å². The molecular formula is C18H14ClNO3. The maximum atomic E-state index is 13.0. The lowest BCUT2D eigenvalue weighted by atomic mass is 9.84. The summed E-state index contributed by atoms with van der Waals surface area (Å²) in [5.41, 5.74) is -1.01. The molecule has 0 radical (unpaired) electrons. The number of hydrogen-bond donors (Lipinski definition) is 1. The summed E-state index contributed by atoms with van der Waals surface area (Å²) in [4.78, 5) is 27.3. The van der Waals surface area contributed by atoms with Gasteiger partial charge in [-0.2, -0.15) is 0 Å². The summed E-state index contributed by atoms with van der Waals surface area (Å²) in [6.07, 6.45) is 1.58. The van der Waals surface area contributed by atoms with Gasteiger partial charge in [-0.25, -0.2) is 0 Å². The second-order valence-electron chi connectivity index (χ2n) is 5.96. The third-order valence-electron chi connectivity index (χ3n) is 4.44. The van der Waals surface area contributed by atoms with E-state index in [0.717, 1.165) is 12.8 Å². The number of nitrogens with zero attached hydrogens (tertiary/aromatic N) is 1. The lowest BCUT2D eigenvalue weighted by Gasteiger charge is -2.42. The van der Waals surface area contributed by atoms with Crippen LogP contribution in [-0.4, -0.2) is 27.7 Å². The van der Waals surface area contributed by atoms with Crippen molar-refractivity contribution >= 4 is 23.3 Å². The van der Waals surface area contributed by atoms with Crippen molar-refractivity contribution in [3.8, 4) is 0 Å². The molecule has 0 spiro atoms. The summed E-state index contributed by atoms with van der Waals surface area (Å²) < 4.78 is 0. The van der Waals surface area contributed by atoms with E-state index in [9.17, 15) is 14.7 Å². The molecule has 0 aromatic heterocycles. The Kier molecular flexibility index (Phi) is 3.08. The van der Waals surface area contributed by atoms with Gasteiger partial charge in [0.05, 0.1) is 5.56 Å². The van der Waals surface area contributed by atoms with E-state index in [2.05, 4.69) is 0 Å². The highest BCUT2D eigenvalue weighted by Crippen LogP contribution is 2.43. The van der Waals surface area contributed by atoms with Gasteiger partial charge in [-0.05, 0) is 31.0 Å². The number of fused-ring (bicyclic) bond motifs is 1. The van der Waals surface area contributed by atoms with Crippen LogP contribution in [0.3, 0.4) is 0 Å². The number of halogens is 1. The maximum Gasteiger partial charge on any atom is 0.257 e. The lowest BCUT2D eigenvalue weighted by Crippen LogP contribution is -2.59. The van der Waals surface area contributed by atoms with Crippen molar-refractivity contribution in [1.29, 1.82) is 0 Å². The zero-order chi connectivity index (χ0) is 16.2. The van der Waals surface area contributed by atoms with Gasteiger partial charge < -0.3 is 5.11 Å². The maximum absolute atomic E-state index is 13.0. The number of aliphatic hydroxyl groups is 1. The van der Waals surface area contributed by atoms with Crippen LogP contribution in [0.15, 0.2) is 48.5 Å². The van der Waals surface area contributed by atoms with Gasteiger partial charge in [-0.3, -0.25) is 14.5 Å². The van der Waals surface area contributed by atoms with Crippen molar-refractivity contribution in [3.05, 3.63) is 70.2 Å². The predicted molar refractivity (Wildman–Crippen MR) is 85.3 cm³/mol. The van der Waals surface area contributed by atoms with E-state index in [4.69, 9.17) is 11.6 Å². The second-order valence-corrected chi connectivity index (χ2v) is 6.40. The zero-order valence-electron chi connectivity index (χ0n) is 12.2. The van der Waals surface area contributed by atoms with Gasteiger partial charge in [-0.15, -0.1) is 0 Å². The van der Waals surface area contributed by atoms with Gasteiger partial charge in [0.25, 0.3) is 5.91 Å². The minimum atomic E-state index is -1.98. The fourth-order valence-electron chi connectivity index (χ4n) is 3.16. The van der Waals surface area contributed by atoms with Crippen molar-refractivity contribution in [2.24, 2.45) is 0 Å². The molecule has 1 aliphatic carbocycles. The number of hydrogen-bond acceptors (Lipinski definition) is 3. The third kappa shape index (κ3) is 2.02. The molecule has 1 amide bonds. The molecule has 0 bridgehead atoms. The predicted octanol–water partition coefficient (Wildman–Crippen LogP) is 2.99. The molecule has 1 N–H and O–H groups in total. The number of carbonyl (C=O) groups excluding carboxylic acids is 2. The monoisotopic (exact) mass is 327 g/mol. The van der Waals surface area contributed by atoms with E-state index >= 15 is 0 Å². The van der Waals surface area contributed by atoms with Gasteiger partial charge in [0.1, 0.15) is 0 Å². The van der Waals surface area contributed by atoms with Crippen LogP contribution in [-0.2, 0) is 5.72 Å². The second kappa shape index (κ2) is 4.91. The van der Waals surface area contributed by atoms with E-state index in [1.54, 1.807) is 48.5 Å². The summed E-state index contributed by atoms with van der Waals surface area (Å²) in [5.74, 6) is -0.776. The first-order valence-electron chi connectivity index (χ1n) is 7.49. The Morgan fingerprint density at radius 3 is 2.22 bits per heavy atom. The van der Waals surface area contributed by atoms with Crippen molar-refractivity contribution < 1.29 is 14.7 Å². The number of carbonyl (C=O) groups is 2. The Balaban J connectivity index is 1.94. The minimum Gasteiger partial charge on any atom is -0.360 e. The summed E-state index contributed by atoms with van der Waals surface area (Å²) in [6.45, 7) is 0. The largest absolute Gasteiger partial charge is 0.360 e. The van der Waals surface area contributed by atoms with E-state index in [1.165, 1.54) is 4.90 Å². The fourth-order valence-corrected chi connectivity index (χ4v) is 3.28. The molecule has 4 nitrogen and oxygen atoms in total. The van der Waals surface area contributed by atoms with Crippen LogP contribution in [0.2, 0.25) is 5.02 Å². The fraction of sp³-hybridized carbons (Fsp3) is 0.222. The average Bonchev–Trinajstić information content (AvgIpc) is 3.38. The van der Waals surface area contributed by atoms with Crippen molar-refractivity contribution in [2.45, 2.75) is 24.6 Å². The summed E-state index contributed by atoms with van der Waals surface area (Å²) >= 11 is 5.91. The zero-order valence-corrected chi connectivity index (χ0v) is 13.0. The number of benzene rings is 2. The van der Waals surface area contributed by atoms with Crippen LogP contribution in [0.5, 0.6) is 0 Å². The molecule has 23 heavy (non-hydrogen) atoms. The Labute approximate surface area is 138 Å². The highest BCUT2D eigenvalue weighted by molar-refractivity contribution is 6.30. The van der Waals surface area contributed by atoms with Crippen molar-refractivity contribution in [1.82, 2.24) is 4.90 Å². The number of ketones is 1. The summed E-state index contributed by atoms with van der Waals surface area (Å²) in [6, 6.07) is 12.9. The molecule has 5 heteroatoms. The Morgan fingerprint density at radius 1 is 1.00 bits per heavy atom. The van der Waals surface area contributed by atoms with Crippen LogP contribution in [0.1, 0.15) is 39.1 Å². The number of rotatable bonds is 2. The van der Waals surface area contributed by atoms with E-state index in [0.29, 0.717) is 16.1 Å². The highest BCUT2D eigenvalue weighted by atomic mass is 35.5. The van der Waals surface area contributed by atoms with Gasteiger partial charge in [0.15, 0.2) is 0 Å². The summed E-state index contributed by atoms with van der Waals surface area (Å²) in [7, 11) is 0. The molecule has 1 heterocycles. The first-order chi connectivity index (χ1) is 11.0. The Bertz CT molecular complexity index is 813. The van der Waals surface area contributed by atoms with Crippen molar-refractivity contribution in [3.63, 3.8) is 0 Å². The number of amides is 1. The molecule has 2 aromatic rings. The smallest absolute Gasteiger partial charge is 0.257 e. The normalized spacial score (nSPS) is 23.8. The van der Waals surface area contributed by atoms with E-state index in [-0.39, 0.29) is 17.5 Å².